The summed E-state index contributed by atoms with van der Waals surface area (Å²) >= 11 is 0. The minimum absolute atomic E-state index is 0.0268. The molecule has 2 heterocycles. The summed E-state index contributed by atoms with van der Waals surface area (Å²) in [7, 11) is -1.61. The molecule has 0 bridgehead atoms. The van der Waals surface area contributed by atoms with Crippen LogP contribution in [0.5, 0.6) is 5.75 Å². The first-order valence-electron chi connectivity index (χ1n) is 10.2. The number of esters is 1. The van der Waals surface area contributed by atoms with Crippen LogP contribution >= 0.6 is 0 Å². The van der Waals surface area contributed by atoms with Crippen LogP contribution in [0, 0.1) is 0 Å². The third kappa shape index (κ3) is 4.77. The highest BCUT2D eigenvalue weighted by Gasteiger charge is 2.33. The Morgan fingerprint density at radius 3 is 2.53 bits per heavy atom. The Morgan fingerprint density at radius 2 is 1.81 bits per heavy atom. The van der Waals surface area contributed by atoms with E-state index < -0.39 is 34.4 Å². The highest BCUT2D eigenvalue weighted by atomic mass is 32.2. The van der Waals surface area contributed by atoms with Gasteiger partial charge in [-0.1, -0.05) is 36.4 Å². The van der Waals surface area contributed by atoms with Gasteiger partial charge in [-0.25, -0.2) is 13.2 Å². The average molecular weight is 458 g/mol. The fourth-order valence-electron chi connectivity index (χ4n) is 3.66. The number of rotatable bonds is 7. The third-order valence-corrected chi connectivity index (χ3v) is 7.24. The predicted octanol–water partition coefficient (Wildman–Crippen LogP) is 2.81. The predicted molar refractivity (Wildman–Crippen MR) is 117 cm³/mol. The maximum absolute atomic E-state index is 12.8. The van der Waals surface area contributed by atoms with E-state index in [0.717, 1.165) is 5.39 Å². The molecule has 0 saturated carbocycles. The summed E-state index contributed by atoms with van der Waals surface area (Å²) in [5.41, 5.74) is 1.03. The van der Waals surface area contributed by atoms with Crippen LogP contribution in [0.4, 0.5) is 0 Å². The molecule has 2 aromatic carbocycles. The molecule has 0 spiro atoms. The Kier molecular flexibility index (Phi) is 6.18. The summed E-state index contributed by atoms with van der Waals surface area (Å²) in [4.78, 5) is 26.5. The number of carbonyl (C=O) groups excluding carboxylic acids is 2. The van der Waals surface area contributed by atoms with E-state index in [1.54, 1.807) is 24.3 Å². The second-order valence-corrected chi connectivity index (χ2v) is 9.87. The fraction of sp³-hybridized carbons (Fsp3) is 0.304. The highest BCUT2D eigenvalue weighted by molar-refractivity contribution is 7.91. The number of hydrogen-bond donors (Lipinski definition) is 0. The topological polar surface area (TPSA) is 103 Å². The lowest BCUT2D eigenvalue weighted by atomic mass is 10.1. The van der Waals surface area contributed by atoms with Gasteiger partial charge in [0.15, 0.2) is 16.4 Å². The van der Waals surface area contributed by atoms with E-state index >= 15 is 0 Å². The van der Waals surface area contributed by atoms with Crippen molar-refractivity contribution in [3.63, 3.8) is 0 Å². The fourth-order valence-corrected chi connectivity index (χ4v) is 5.43. The molecule has 3 aromatic rings. The largest absolute Gasteiger partial charge is 0.489 e. The van der Waals surface area contributed by atoms with E-state index in [1.165, 1.54) is 11.9 Å². The van der Waals surface area contributed by atoms with Crippen molar-refractivity contribution in [1.29, 1.82) is 0 Å². The molecule has 9 heteroatoms. The Labute approximate surface area is 185 Å². The first kappa shape index (κ1) is 21.9. The maximum atomic E-state index is 12.8. The van der Waals surface area contributed by atoms with E-state index in [2.05, 4.69) is 0 Å². The van der Waals surface area contributed by atoms with Gasteiger partial charge in [0.05, 0.1) is 17.1 Å². The van der Waals surface area contributed by atoms with Crippen molar-refractivity contribution < 1.29 is 31.9 Å². The number of amides is 1. The number of furan rings is 1. The molecule has 1 amide bonds. The van der Waals surface area contributed by atoms with Crippen LogP contribution in [-0.2, 0) is 26.0 Å². The zero-order valence-electron chi connectivity index (χ0n) is 17.5. The van der Waals surface area contributed by atoms with Crippen molar-refractivity contribution in [3.05, 3.63) is 65.9 Å². The molecule has 8 nitrogen and oxygen atoms in total. The summed E-state index contributed by atoms with van der Waals surface area (Å²) in [5.74, 6) is -0.666. The van der Waals surface area contributed by atoms with Gasteiger partial charge in [0.1, 0.15) is 17.9 Å². The molecular weight excluding hydrogens is 434 g/mol. The average Bonchev–Trinajstić information content (AvgIpc) is 3.35. The van der Waals surface area contributed by atoms with Gasteiger partial charge in [-0.05, 0) is 24.6 Å². The monoisotopic (exact) mass is 457 g/mol. The molecule has 1 atom stereocenters. The lowest BCUT2D eigenvalue weighted by Gasteiger charge is -2.23. The molecule has 0 unspecified atom stereocenters. The van der Waals surface area contributed by atoms with Gasteiger partial charge in [0.2, 0.25) is 5.76 Å². The lowest BCUT2D eigenvalue weighted by molar-refractivity contribution is -0.134. The molecule has 168 valence electrons. The highest BCUT2D eigenvalue weighted by Crippen LogP contribution is 2.28. The van der Waals surface area contributed by atoms with Crippen LogP contribution < -0.4 is 4.74 Å². The summed E-state index contributed by atoms with van der Waals surface area (Å²) in [5, 5.41) is 0.718. The van der Waals surface area contributed by atoms with Crippen LogP contribution in [0.2, 0.25) is 0 Å². The molecule has 1 aromatic heterocycles. The zero-order valence-corrected chi connectivity index (χ0v) is 18.3. The maximum Gasteiger partial charge on any atom is 0.375 e. The van der Waals surface area contributed by atoms with Crippen LogP contribution in [0.25, 0.3) is 11.0 Å². The van der Waals surface area contributed by atoms with Gasteiger partial charge < -0.3 is 18.8 Å². The van der Waals surface area contributed by atoms with Gasteiger partial charge in [-0.15, -0.1) is 0 Å². The van der Waals surface area contributed by atoms with Crippen LogP contribution in [0.3, 0.4) is 0 Å². The molecule has 0 aliphatic carbocycles. The number of nitrogens with zero attached hydrogens (tertiary/aromatic N) is 1. The third-order valence-electron chi connectivity index (χ3n) is 5.49. The number of benzene rings is 2. The number of hydrogen-bond acceptors (Lipinski definition) is 7. The number of fused-ring (bicyclic) bond motifs is 1. The Bertz CT molecular complexity index is 1230. The Morgan fingerprint density at radius 1 is 1.09 bits per heavy atom. The Balaban J connectivity index is 1.46. The second-order valence-electron chi connectivity index (χ2n) is 7.65. The molecule has 0 N–H and O–H groups in total. The van der Waals surface area contributed by atoms with Gasteiger partial charge in [0, 0.05) is 18.5 Å². The van der Waals surface area contributed by atoms with Crippen LogP contribution in [0.1, 0.15) is 22.5 Å². The SMILES string of the molecule is CN(C(=O)COC(=O)c1oc2ccccc2c1COc1ccccc1)[C@H]1CCS(=O)(=O)C1. The molecule has 1 aliphatic rings. The summed E-state index contributed by atoms with van der Waals surface area (Å²) in [6.45, 7) is -0.429. The minimum atomic E-state index is -3.13. The van der Waals surface area contributed by atoms with Crippen LogP contribution in [0.15, 0.2) is 59.0 Å². The molecule has 0 radical (unpaired) electrons. The number of para-hydroxylation sites is 2. The van der Waals surface area contributed by atoms with E-state index in [9.17, 15) is 18.0 Å². The van der Waals surface area contributed by atoms with Gasteiger partial charge in [-0.2, -0.15) is 0 Å². The summed E-state index contributed by atoms with van der Waals surface area (Å²) < 4.78 is 40.0. The van der Waals surface area contributed by atoms with E-state index in [-0.39, 0.29) is 23.9 Å². The quantitative estimate of drug-likeness (QED) is 0.503. The van der Waals surface area contributed by atoms with Gasteiger partial charge in [0.25, 0.3) is 5.91 Å². The number of ether oxygens (including phenoxy) is 2. The Hall–Kier alpha value is -3.33. The van der Waals surface area contributed by atoms with Crippen molar-refractivity contribution >= 4 is 32.7 Å². The first-order valence-corrected chi connectivity index (χ1v) is 12.0. The molecule has 1 fully saturated rings. The second kappa shape index (κ2) is 9.04. The van der Waals surface area contributed by atoms with E-state index in [0.29, 0.717) is 23.3 Å². The number of likely N-dealkylation sites (N-methyl/N-ethyl adjacent to an activating group) is 1. The van der Waals surface area contributed by atoms with Crippen molar-refractivity contribution in [3.8, 4) is 5.75 Å². The van der Waals surface area contributed by atoms with Crippen molar-refractivity contribution in [2.75, 3.05) is 25.2 Å². The smallest absolute Gasteiger partial charge is 0.375 e. The number of carbonyl (C=O) groups is 2. The standard InChI is InChI=1S/C23H23NO7S/c1-24(16-11-12-32(27,28)15-16)21(25)14-30-23(26)22-19(13-29-17-7-3-2-4-8-17)18-9-5-6-10-20(18)31-22/h2-10,16H,11-15H2,1H3/t16-/m0/s1. The molecule has 1 saturated heterocycles. The van der Waals surface area contributed by atoms with Gasteiger partial charge in [-0.3, -0.25) is 4.79 Å². The van der Waals surface area contributed by atoms with Crippen LogP contribution in [-0.4, -0.2) is 56.4 Å². The lowest BCUT2D eigenvalue weighted by Crippen LogP contribution is -2.40. The van der Waals surface area contributed by atoms with Crippen molar-refractivity contribution in [2.24, 2.45) is 0 Å². The summed E-state index contributed by atoms with van der Waals surface area (Å²) in [6.07, 6.45) is 0.378. The number of sulfone groups is 1. The summed E-state index contributed by atoms with van der Waals surface area (Å²) in [6, 6.07) is 15.9. The first-order chi connectivity index (χ1) is 15.3. The van der Waals surface area contributed by atoms with E-state index in [1.807, 2.05) is 30.3 Å². The minimum Gasteiger partial charge on any atom is -0.489 e. The van der Waals surface area contributed by atoms with Crippen molar-refractivity contribution in [1.82, 2.24) is 4.90 Å². The van der Waals surface area contributed by atoms with Gasteiger partial charge >= 0.3 is 5.97 Å². The molecular formula is C23H23NO7S. The molecule has 32 heavy (non-hydrogen) atoms. The zero-order chi connectivity index (χ0) is 22.7. The van der Waals surface area contributed by atoms with E-state index in [4.69, 9.17) is 13.9 Å². The molecule has 4 rings (SSSR count). The normalized spacial score (nSPS) is 17.2. The van der Waals surface area contributed by atoms with Crippen molar-refractivity contribution in [2.45, 2.75) is 19.1 Å². The molecule has 1 aliphatic heterocycles.